The van der Waals surface area contributed by atoms with E-state index in [0.717, 1.165) is 36.4 Å². The number of hydrogen-bond donors (Lipinski definition) is 1. The van der Waals surface area contributed by atoms with Crippen LogP contribution in [0.2, 0.25) is 0 Å². The smallest absolute Gasteiger partial charge is 0.224 e. The third-order valence-electron chi connectivity index (χ3n) is 3.19. The summed E-state index contributed by atoms with van der Waals surface area (Å²) in [6, 6.07) is 13.4. The van der Waals surface area contributed by atoms with Gasteiger partial charge in [-0.25, -0.2) is 4.98 Å². The van der Waals surface area contributed by atoms with Gasteiger partial charge in [-0.2, -0.15) is 9.61 Å². The zero-order valence-corrected chi connectivity index (χ0v) is 11.6. The van der Waals surface area contributed by atoms with Crippen LogP contribution in [0.4, 0.5) is 0 Å². The van der Waals surface area contributed by atoms with Crippen LogP contribution in [0, 0.1) is 0 Å². The van der Waals surface area contributed by atoms with Gasteiger partial charge >= 0.3 is 0 Å². The number of aromatic nitrogens is 3. The fraction of sp³-hybridized carbons (Fsp3) is 0.250. The van der Waals surface area contributed by atoms with E-state index in [1.807, 2.05) is 42.5 Å². The fourth-order valence-corrected chi connectivity index (χ4v) is 2.16. The molecule has 0 radical (unpaired) electrons. The van der Waals surface area contributed by atoms with E-state index in [2.05, 4.69) is 10.1 Å². The van der Waals surface area contributed by atoms with Gasteiger partial charge in [-0.05, 0) is 31.4 Å². The third kappa shape index (κ3) is 3.20. The van der Waals surface area contributed by atoms with Gasteiger partial charge in [-0.15, -0.1) is 0 Å². The van der Waals surface area contributed by atoms with Crippen molar-refractivity contribution in [2.24, 2.45) is 0 Å². The lowest BCUT2D eigenvalue weighted by atomic mass is 10.2. The Morgan fingerprint density at radius 1 is 1.10 bits per heavy atom. The van der Waals surface area contributed by atoms with Gasteiger partial charge in [-0.3, -0.25) is 0 Å². The van der Waals surface area contributed by atoms with Crippen LogP contribution in [0.5, 0.6) is 11.6 Å². The molecule has 2 aromatic heterocycles. The summed E-state index contributed by atoms with van der Waals surface area (Å²) in [5.74, 6) is 1.41. The van der Waals surface area contributed by atoms with E-state index in [1.165, 1.54) is 0 Å². The predicted molar refractivity (Wildman–Crippen MR) is 79.5 cm³/mol. The van der Waals surface area contributed by atoms with Gasteiger partial charge in [0.2, 0.25) is 5.88 Å². The number of benzene rings is 1. The number of rotatable bonds is 6. The Morgan fingerprint density at radius 3 is 2.76 bits per heavy atom. The summed E-state index contributed by atoms with van der Waals surface area (Å²) in [6.07, 6.45) is 4.20. The molecule has 21 heavy (non-hydrogen) atoms. The molecule has 0 aliphatic carbocycles. The number of hydrogen-bond acceptors (Lipinski definition) is 4. The van der Waals surface area contributed by atoms with Crippen LogP contribution in [0.15, 0.2) is 48.7 Å². The summed E-state index contributed by atoms with van der Waals surface area (Å²) in [5, 5.41) is 13.1. The van der Waals surface area contributed by atoms with E-state index in [4.69, 9.17) is 9.84 Å². The molecule has 3 aromatic rings. The second kappa shape index (κ2) is 6.37. The fourth-order valence-electron chi connectivity index (χ4n) is 2.16. The number of ether oxygens (including phenoxy) is 1. The Morgan fingerprint density at radius 2 is 1.95 bits per heavy atom. The summed E-state index contributed by atoms with van der Waals surface area (Å²) in [6.45, 7) is 0.211. The van der Waals surface area contributed by atoms with E-state index < -0.39 is 0 Å². The van der Waals surface area contributed by atoms with Crippen LogP contribution in [0.1, 0.15) is 18.5 Å². The van der Waals surface area contributed by atoms with Gasteiger partial charge < -0.3 is 9.84 Å². The summed E-state index contributed by atoms with van der Waals surface area (Å²) < 4.78 is 7.59. The quantitative estimate of drug-likeness (QED) is 0.707. The van der Waals surface area contributed by atoms with Crippen molar-refractivity contribution in [1.29, 1.82) is 0 Å². The highest BCUT2D eigenvalue weighted by Gasteiger charge is 2.08. The summed E-state index contributed by atoms with van der Waals surface area (Å²) >= 11 is 0. The maximum atomic E-state index is 8.87. The van der Waals surface area contributed by atoms with Gasteiger partial charge in [0.15, 0.2) is 5.65 Å². The number of aryl methyl sites for hydroxylation is 1. The lowest BCUT2D eigenvalue weighted by Gasteiger charge is -2.09. The average molecular weight is 283 g/mol. The highest BCUT2D eigenvalue weighted by molar-refractivity contribution is 5.42. The first kappa shape index (κ1) is 13.6. The molecule has 0 bridgehead atoms. The van der Waals surface area contributed by atoms with Gasteiger partial charge in [0, 0.05) is 24.4 Å². The number of para-hydroxylation sites is 1. The first-order valence-electron chi connectivity index (χ1n) is 7.04. The molecule has 5 nitrogen and oxygen atoms in total. The van der Waals surface area contributed by atoms with Crippen molar-refractivity contribution < 1.29 is 9.84 Å². The lowest BCUT2D eigenvalue weighted by molar-refractivity contribution is 0.284. The SMILES string of the molecule is OCCCCc1cc(Oc2ccccc2)n2nccc2n1. The largest absolute Gasteiger partial charge is 0.439 e. The molecule has 0 atom stereocenters. The van der Waals surface area contributed by atoms with Crippen LogP contribution in [0.3, 0.4) is 0 Å². The van der Waals surface area contributed by atoms with Crippen LogP contribution < -0.4 is 4.74 Å². The highest BCUT2D eigenvalue weighted by Crippen LogP contribution is 2.22. The average Bonchev–Trinajstić information content (AvgIpc) is 2.97. The zero-order chi connectivity index (χ0) is 14.5. The minimum atomic E-state index is 0.211. The van der Waals surface area contributed by atoms with Crippen molar-refractivity contribution in [3.05, 3.63) is 54.4 Å². The van der Waals surface area contributed by atoms with E-state index in [1.54, 1.807) is 10.7 Å². The molecule has 0 aliphatic rings. The van der Waals surface area contributed by atoms with Crippen molar-refractivity contribution in [2.45, 2.75) is 19.3 Å². The number of nitrogens with zero attached hydrogens (tertiary/aromatic N) is 3. The molecule has 0 spiro atoms. The number of fused-ring (bicyclic) bond motifs is 1. The molecule has 0 aliphatic heterocycles. The standard InChI is InChI=1S/C16H17N3O2/c20-11-5-4-6-13-12-16(19-15(18-13)9-10-17-19)21-14-7-2-1-3-8-14/h1-3,7-10,12,20H,4-6,11H2. The van der Waals surface area contributed by atoms with E-state index >= 15 is 0 Å². The van der Waals surface area contributed by atoms with Crippen molar-refractivity contribution >= 4 is 5.65 Å². The number of aliphatic hydroxyl groups is 1. The maximum absolute atomic E-state index is 8.87. The minimum Gasteiger partial charge on any atom is -0.439 e. The second-order valence-electron chi connectivity index (χ2n) is 4.78. The highest BCUT2D eigenvalue weighted by atomic mass is 16.5. The molecule has 0 amide bonds. The molecule has 0 fully saturated rings. The van der Waals surface area contributed by atoms with E-state index in [0.29, 0.717) is 5.88 Å². The van der Waals surface area contributed by atoms with Gasteiger partial charge in [0.05, 0.1) is 6.20 Å². The van der Waals surface area contributed by atoms with E-state index in [9.17, 15) is 0 Å². The molecule has 0 unspecified atom stereocenters. The molecule has 3 rings (SSSR count). The Kier molecular flexibility index (Phi) is 4.12. The van der Waals surface area contributed by atoms with E-state index in [-0.39, 0.29) is 6.61 Å². The number of unbranched alkanes of at least 4 members (excludes halogenated alkanes) is 1. The van der Waals surface area contributed by atoms with Crippen molar-refractivity contribution in [2.75, 3.05) is 6.61 Å². The zero-order valence-electron chi connectivity index (χ0n) is 11.6. The summed E-state index contributed by atoms with van der Waals surface area (Å²) in [5.41, 5.74) is 1.71. The topological polar surface area (TPSA) is 59.7 Å². The second-order valence-corrected chi connectivity index (χ2v) is 4.78. The lowest BCUT2D eigenvalue weighted by Crippen LogP contribution is -2.01. The van der Waals surface area contributed by atoms with Gasteiger partial charge in [0.1, 0.15) is 5.75 Å². The molecule has 0 saturated carbocycles. The van der Waals surface area contributed by atoms with Crippen molar-refractivity contribution in [3.63, 3.8) is 0 Å². The Balaban J connectivity index is 1.90. The van der Waals surface area contributed by atoms with Gasteiger partial charge in [0.25, 0.3) is 0 Å². The molecule has 0 saturated heterocycles. The molecule has 1 N–H and O–H groups in total. The Hall–Kier alpha value is -2.40. The van der Waals surface area contributed by atoms with Crippen LogP contribution >= 0.6 is 0 Å². The van der Waals surface area contributed by atoms with Crippen LogP contribution in [0.25, 0.3) is 5.65 Å². The normalized spacial score (nSPS) is 10.9. The van der Waals surface area contributed by atoms with Crippen molar-refractivity contribution in [1.82, 2.24) is 14.6 Å². The summed E-state index contributed by atoms with van der Waals surface area (Å²) in [4.78, 5) is 4.55. The predicted octanol–water partition coefficient (Wildman–Crippen LogP) is 2.84. The number of aliphatic hydroxyl groups excluding tert-OH is 1. The maximum Gasteiger partial charge on any atom is 0.224 e. The van der Waals surface area contributed by atoms with Gasteiger partial charge in [-0.1, -0.05) is 18.2 Å². The molecular formula is C16H17N3O2. The van der Waals surface area contributed by atoms with Crippen LogP contribution in [-0.2, 0) is 6.42 Å². The molecule has 108 valence electrons. The Bertz CT molecular complexity index is 710. The third-order valence-corrected chi connectivity index (χ3v) is 3.19. The van der Waals surface area contributed by atoms with Crippen molar-refractivity contribution in [3.8, 4) is 11.6 Å². The monoisotopic (exact) mass is 283 g/mol. The van der Waals surface area contributed by atoms with Crippen LogP contribution in [-0.4, -0.2) is 26.3 Å². The minimum absolute atomic E-state index is 0.211. The first-order chi connectivity index (χ1) is 10.4. The molecule has 2 heterocycles. The first-order valence-corrected chi connectivity index (χ1v) is 7.04. The summed E-state index contributed by atoms with van der Waals surface area (Å²) in [7, 11) is 0. The molecular weight excluding hydrogens is 266 g/mol. The molecule has 5 heteroatoms. The Labute approximate surface area is 122 Å². The molecule has 1 aromatic carbocycles.